The van der Waals surface area contributed by atoms with Crippen LogP contribution in [0.3, 0.4) is 0 Å². The number of thiazole rings is 1. The highest BCUT2D eigenvalue weighted by molar-refractivity contribution is 7.08. The number of nitrogens with zero attached hydrogens (tertiary/aromatic N) is 2. The standard InChI is InChI=1S/C17H30N4O4SSi/c1-11(13(18)22)21(12-9-26-10-19-12)14(23)17(5,27(6,7)8)20-15(24)25-16(2,3)4/h9-11H,1-8H3,(H2,18,22)(H,20,24)/t11-,17+/m0/s1. The van der Waals surface area contributed by atoms with E-state index in [9.17, 15) is 14.4 Å². The van der Waals surface area contributed by atoms with Gasteiger partial charge < -0.3 is 15.8 Å². The van der Waals surface area contributed by atoms with Crippen molar-refractivity contribution in [1.82, 2.24) is 10.3 Å². The maximum absolute atomic E-state index is 13.6. The molecule has 0 fully saturated rings. The molecule has 0 aliphatic rings. The molecule has 0 aromatic carbocycles. The van der Waals surface area contributed by atoms with Crippen LogP contribution in [0.25, 0.3) is 0 Å². The zero-order valence-corrected chi connectivity index (χ0v) is 19.1. The van der Waals surface area contributed by atoms with E-state index in [0.717, 1.165) is 0 Å². The quantitative estimate of drug-likeness (QED) is 0.694. The Balaban J connectivity index is 3.37. The summed E-state index contributed by atoms with van der Waals surface area (Å²) in [5.41, 5.74) is 6.32. The number of amides is 3. The predicted molar refractivity (Wildman–Crippen MR) is 109 cm³/mol. The Hall–Kier alpha value is -1.94. The number of carbonyl (C=O) groups is 3. The summed E-state index contributed by atoms with van der Waals surface area (Å²) in [6.07, 6.45) is -0.689. The maximum atomic E-state index is 13.6. The highest BCUT2D eigenvalue weighted by atomic mass is 32.1. The highest BCUT2D eigenvalue weighted by Gasteiger charge is 2.51. The molecule has 0 radical (unpaired) electrons. The van der Waals surface area contributed by atoms with Gasteiger partial charge in [0.1, 0.15) is 22.6 Å². The lowest BCUT2D eigenvalue weighted by Gasteiger charge is -2.43. The van der Waals surface area contributed by atoms with Crippen LogP contribution >= 0.6 is 11.3 Å². The van der Waals surface area contributed by atoms with Gasteiger partial charge in [0.2, 0.25) is 5.91 Å². The lowest BCUT2D eigenvalue weighted by atomic mass is 10.2. The minimum Gasteiger partial charge on any atom is -0.444 e. The van der Waals surface area contributed by atoms with Crippen molar-refractivity contribution in [3.8, 4) is 0 Å². The molecule has 10 heteroatoms. The second-order valence-electron chi connectivity index (χ2n) is 8.60. The number of anilines is 1. The van der Waals surface area contributed by atoms with Gasteiger partial charge in [-0.05, 0) is 34.6 Å². The molecule has 2 atom stereocenters. The van der Waals surface area contributed by atoms with Gasteiger partial charge in [-0.2, -0.15) is 0 Å². The second-order valence-corrected chi connectivity index (χ2v) is 14.8. The van der Waals surface area contributed by atoms with Crippen molar-refractivity contribution in [2.45, 2.75) is 71.1 Å². The first-order chi connectivity index (χ1) is 12.1. The molecule has 152 valence electrons. The fraction of sp³-hybridized carbons (Fsp3) is 0.647. The third-order valence-electron chi connectivity index (χ3n) is 4.36. The molecular weight excluding hydrogens is 384 g/mol. The predicted octanol–water partition coefficient (Wildman–Crippen LogP) is 2.51. The van der Waals surface area contributed by atoms with E-state index in [0.29, 0.717) is 5.82 Å². The largest absolute Gasteiger partial charge is 0.444 e. The molecule has 1 rings (SSSR count). The van der Waals surface area contributed by atoms with Crippen LogP contribution in [0.2, 0.25) is 19.6 Å². The molecule has 0 spiro atoms. The molecule has 0 saturated heterocycles. The third kappa shape index (κ3) is 5.52. The van der Waals surface area contributed by atoms with Crippen molar-refractivity contribution in [3.05, 3.63) is 10.9 Å². The number of rotatable bonds is 6. The van der Waals surface area contributed by atoms with Gasteiger partial charge >= 0.3 is 6.09 Å². The van der Waals surface area contributed by atoms with Crippen LogP contribution in [0.4, 0.5) is 10.6 Å². The topological polar surface area (TPSA) is 115 Å². The number of nitrogens with two attached hydrogens (primary N) is 1. The fourth-order valence-corrected chi connectivity index (χ4v) is 4.01. The van der Waals surface area contributed by atoms with E-state index >= 15 is 0 Å². The van der Waals surface area contributed by atoms with Gasteiger partial charge in [0.15, 0.2) is 0 Å². The smallest absolute Gasteiger partial charge is 0.408 e. The first-order valence-corrected chi connectivity index (χ1v) is 13.1. The van der Waals surface area contributed by atoms with Crippen LogP contribution in [0.1, 0.15) is 34.6 Å². The lowest BCUT2D eigenvalue weighted by Crippen LogP contribution is -2.71. The molecule has 1 aromatic rings. The second kappa shape index (κ2) is 7.97. The number of hydrogen-bond donors (Lipinski definition) is 2. The van der Waals surface area contributed by atoms with E-state index in [1.807, 2.05) is 19.6 Å². The molecule has 27 heavy (non-hydrogen) atoms. The Morgan fingerprint density at radius 3 is 2.19 bits per heavy atom. The monoisotopic (exact) mass is 414 g/mol. The first-order valence-electron chi connectivity index (χ1n) is 8.62. The minimum absolute atomic E-state index is 0.326. The first kappa shape index (κ1) is 23.1. The molecule has 0 aliphatic heterocycles. The summed E-state index contributed by atoms with van der Waals surface area (Å²) in [6, 6.07) is -0.921. The Morgan fingerprint density at radius 2 is 1.81 bits per heavy atom. The molecule has 0 aliphatic carbocycles. The fourth-order valence-electron chi connectivity index (χ4n) is 2.24. The molecule has 8 nitrogen and oxygen atoms in total. The van der Waals surface area contributed by atoms with E-state index in [1.165, 1.54) is 23.2 Å². The summed E-state index contributed by atoms with van der Waals surface area (Å²) in [4.78, 5) is 43.3. The molecule has 0 bridgehead atoms. The van der Waals surface area contributed by atoms with Crippen molar-refractivity contribution in [2.24, 2.45) is 5.73 Å². The molecule has 0 saturated carbocycles. The average Bonchev–Trinajstić information content (AvgIpc) is 2.97. The van der Waals surface area contributed by atoms with Crippen molar-refractivity contribution in [2.75, 3.05) is 4.90 Å². The van der Waals surface area contributed by atoms with E-state index in [-0.39, 0.29) is 0 Å². The normalized spacial score (nSPS) is 15.4. The van der Waals surface area contributed by atoms with Crippen LogP contribution in [0.15, 0.2) is 10.9 Å². The van der Waals surface area contributed by atoms with Crippen LogP contribution < -0.4 is 16.0 Å². The summed E-state index contributed by atoms with van der Waals surface area (Å²) in [5, 5.41) is 3.17. The van der Waals surface area contributed by atoms with E-state index < -0.39 is 42.8 Å². The van der Waals surface area contributed by atoms with Crippen molar-refractivity contribution in [1.29, 1.82) is 0 Å². The number of ether oxygens (including phenoxy) is 1. The van der Waals surface area contributed by atoms with Crippen LogP contribution in [0.5, 0.6) is 0 Å². The van der Waals surface area contributed by atoms with E-state index in [2.05, 4.69) is 10.3 Å². The van der Waals surface area contributed by atoms with Crippen LogP contribution in [-0.4, -0.2) is 47.8 Å². The molecule has 1 aromatic heterocycles. The SMILES string of the molecule is C[C@@H](C(N)=O)N(C(=O)[C@](C)(NC(=O)OC(C)(C)C)[Si](C)(C)C)c1cscn1. The Bertz CT molecular complexity index is 697. The zero-order chi connectivity index (χ0) is 21.2. The summed E-state index contributed by atoms with van der Waals surface area (Å²) in [5.74, 6) is -0.775. The van der Waals surface area contributed by atoms with Crippen LogP contribution in [-0.2, 0) is 14.3 Å². The van der Waals surface area contributed by atoms with E-state index in [4.69, 9.17) is 10.5 Å². The Morgan fingerprint density at radius 1 is 1.26 bits per heavy atom. The van der Waals surface area contributed by atoms with Gasteiger partial charge in [0, 0.05) is 5.38 Å². The van der Waals surface area contributed by atoms with Gasteiger partial charge in [0.25, 0.3) is 5.91 Å². The molecule has 0 unspecified atom stereocenters. The maximum Gasteiger partial charge on any atom is 0.408 e. The van der Waals surface area contributed by atoms with Crippen LogP contribution in [0, 0.1) is 0 Å². The number of primary amides is 1. The summed E-state index contributed by atoms with van der Waals surface area (Å²) >= 11 is 1.30. The number of hydrogen-bond acceptors (Lipinski definition) is 6. The number of nitrogens with one attached hydrogen (secondary N) is 1. The van der Waals surface area contributed by atoms with Crippen molar-refractivity contribution in [3.63, 3.8) is 0 Å². The highest BCUT2D eigenvalue weighted by Crippen LogP contribution is 2.28. The van der Waals surface area contributed by atoms with Gasteiger partial charge in [-0.15, -0.1) is 11.3 Å². The Kier molecular flexibility index (Phi) is 6.82. The van der Waals surface area contributed by atoms with Gasteiger partial charge in [-0.25, -0.2) is 9.78 Å². The Labute approximate surface area is 165 Å². The zero-order valence-electron chi connectivity index (χ0n) is 17.2. The van der Waals surface area contributed by atoms with Crippen molar-refractivity contribution >= 4 is 43.1 Å². The molecule has 1 heterocycles. The molecular formula is C17H30N4O4SSi. The number of aromatic nitrogens is 1. The summed E-state index contributed by atoms with van der Waals surface area (Å²) in [6.45, 7) is 14.3. The average molecular weight is 415 g/mol. The minimum atomic E-state index is -2.35. The van der Waals surface area contributed by atoms with Gasteiger partial charge in [-0.1, -0.05) is 19.6 Å². The lowest BCUT2D eigenvalue weighted by molar-refractivity contribution is -0.126. The van der Waals surface area contributed by atoms with Crippen molar-refractivity contribution < 1.29 is 19.1 Å². The molecule has 3 amide bonds. The van der Waals surface area contributed by atoms with Gasteiger partial charge in [-0.3, -0.25) is 14.5 Å². The summed E-state index contributed by atoms with van der Waals surface area (Å²) in [7, 11) is -2.35. The third-order valence-corrected chi connectivity index (χ3v) is 8.28. The molecule has 3 N–H and O–H groups in total. The number of carbonyl (C=O) groups excluding carboxylic acids is 3. The number of alkyl carbamates (subject to hydrolysis) is 1. The van der Waals surface area contributed by atoms with E-state index in [1.54, 1.807) is 38.6 Å². The summed E-state index contributed by atoms with van der Waals surface area (Å²) < 4.78 is 5.35. The van der Waals surface area contributed by atoms with Gasteiger partial charge in [0.05, 0.1) is 13.6 Å².